The molecule has 1 N–H and O–H groups in total. The quantitative estimate of drug-likeness (QED) is 0.840. The molecule has 0 bridgehead atoms. The predicted octanol–water partition coefficient (Wildman–Crippen LogP) is 4.93. The van der Waals surface area contributed by atoms with Crippen LogP contribution < -0.4 is 5.32 Å². The van der Waals surface area contributed by atoms with Gasteiger partial charge in [0.05, 0.1) is 4.47 Å². The van der Waals surface area contributed by atoms with Crippen LogP contribution in [0.4, 0.5) is 0 Å². The summed E-state index contributed by atoms with van der Waals surface area (Å²) in [5.41, 5.74) is 1.11. The molecule has 0 aliphatic rings. The van der Waals surface area contributed by atoms with Crippen molar-refractivity contribution < 1.29 is 0 Å². The molecule has 0 saturated heterocycles. The second kappa shape index (κ2) is 6.75. The van der Waals surface area contributed by atoms with Crippen molar-refractivity contribution in [2.75, 3.05) is 7.05 Å². The fraction of sp³-hybridized carbons (Fsp3) is 0.214. The fourth-order valence-corrected chi connectivity index (χ4v) is 3.36. The van der Waals surface area contributed by atoms with Crippen LogP contribution in [0.1, 0.15) is 18.5 Å². The van der Waals surface area contributed by atoms with Crippen molar-refractivity contribution >= 4 is 39.3 Å². The Hall–Kier alpha value is -0.550. The molecule has 0 saturated carbocycles. The van der Waals surface area contributed by atoms with Gasteiger partial charge in [-0.1, -0.05) is 29.4 Å². The number of hydrogen-bond donors (Lipinski definition) is 1. The molecule has 0 amide bonds. The highest BCUT2D eigenvalue weighted by Gasteiger charge is 2.10. The normalized spacial score (nSPS) is 12.4. The molecule has 1 unspecified atom stereocenters. The van der Waals surface area contributed by atoms with Crippen LogP contribution >= 0.6 is 39.3 Å². The average molecular weight is 358 g/mol. The second-order valence-electron chi connectivity index (χ2n) is 4.09. The lowest BCUT2D eigenvalue weighted by Crippen LogP contribution is -2.12. The van der Waals surface area contributed by atoms with E-state index in [0.29, 0.717) is 0 Å². The minimum Gasteiger partial charge on any atom is -0.313 e. The highest BCUT2D eigenvalue weighted by molar-refractivity contribution is 9.10. The summed E-state index contributed by atoms with van der Waals surface area (Å²) in [4.78, 5) is 5.42. The zero-order chi connectivity index (χ0) is 13.8. The largest absolute Gasteiger partial charge is 0.313 e. The Morgan fingerprint density at radius 3 is 2.79 bits per heavy atom. The highest BCUT2D eigenvalue weighted by atomic mass is 79.9. The molecule has 2 nitrogen and oxygen atoms in total. The van der Waals surface area contributed by atoms with Crippen molar-refractivity contribution in [2.24, 2.45) is 0 Å². The molecule has 2 aromatic rings. The summed E-state index contributed by atoms with van der Waals surface area (Å²) in [5, 5.41) is 4.90. The van der Waals surface area contributed by atoms with Crippen LogP contribution in [0.5, 0.6) is 0 Å². The lowest BCUT2D eigenvalue weighted by Gasteiger charge is -2.13. The summed E-state index contributed by atoms with van der Waals surface area (Å²) < 4.78 is 0.990. The van der Waals surface area contributed by atoms with E-state index in [-0.39, 0.29) is 6.04 Å². The van der Waals surface area contributed by atoms with E-state index in [0.717, 1.165) is 25.0 Å². The van der Waals surface area contributed by atoms with Crippen molar-refractivity contribution in [3.8, 4) is 0 Å². The molecule has 1 aromatic carbocycles. The number of pyridine rings is 1. The maximum atomic E-state index is 6.32. The van der Waals surface area contributed by atoms with Crippen LogP contribution in [-0.2, 0) is 0 Å². The maximum absolute atomic E-state index is 6.32. The van der Waals surface area contributed by atoms with E-state index in [1.807, 2.05) is 25.2 Å². The van der Waals surface area contributed by atoms with E-state index < -0.39 is 0 Å². The minimum atomic E-state index is 0.244. The molecule has 0 spiro atoms. The van der Waals surface area contributed by atoms with Gasteiger partial charge in [0.1, 0.15) is 5.03 Å². The van der Waals surface area contributed by atoms with E-state index in [4.69, 9.17) is 11.6 Å². The Morgan fingerprint density at radius 2 is 2.16 bits per heavy atom. The maximum Gasteiger partial charge on any atom is 0.115 e. The first-order valence-corrected chi connectivity index (χ1v) is 7.85. The van der Waals surface area contributed by atoms with E-state index in [1.165, 1.54) is 0 Å². The lowest BCUT2D eigenvalue weighted by molar-refractivity contribution is 0.652. The monoisotopic (exact) mass is 356 g/mol. The highest BCUT2D eigenvalue weighted by Crippen LogP contribution is 2.34. The molecule has 1 atom stereocenters. The minimum absolute atomic E-state index is 0.244. The zero-order valence-corrected chi connectivity index (χ0v) is 13.8. The van der Waals surface area contributed by atoms with E-state index in [1.54, 1.807) is 18.0 Å². The molecule has 1 aromatic heterocycles. The molecule has 19 heavy (non-hydrogen) atoms. The van der Waals surface area contributed by atoms with Gasteiger partial charge in [-0.25, -0.2) is 4.98 Å². The number of hydrogen-bond acceptors (Lipinski definition) is 3. The van der Waals surface area contributed by atoms with Gasteiger partial charge in [0.25, 0.3) is 0 Å². The number of nitrogens with zero attached hydrogens (tertiary/aromatic N) is 1. The van der Waals surface area contributed by atoms with E-state index in [2.05, 4.69) is 45.3 Å². The van der Waals surface area contributed by atoms with Crippen LogP contribution in [0.25, 0.3) is 0 Å². The average Bonchev–Trinajstić information content (AvgIpc) is 2.41. The molecular weight excluding hydrogens is 344 g/mol. The Balaban J connectivity index is 2.24. The Labute approximate surface area is 131 Å². The molecule has 5 heteroatoms. The van der Waals surface area contributed by atoms with Crippen molar-refractivity contribution in [2.45, 2.75) is 22.9 Å². The van der Waals surface area contributed by atoms with Gasteiger partial charge in [-0.3, -0.25) is 0 Å². The van der Waals surface area contributed by atoms with Crippen molar-refractivity contribution in [1.29, 1.82) is 0 Å². The molecule has 0 radical (unpaired) electrons. The zero-order valence-electron chi connectivity index (χ0n) is 10.7. The number of benzene rings is 1. The third-order valence-corrected chi connectivity index (χ3v) is 5.05. The van der Waals surface area contributed by atoms with Crippen molar-refractivity contribution in [3.63, 3.8) is 0 Å². The first-order valence-electron chi connectivity index (χ1n) is 5.87. The summed E-state index contributed by atoms with van der Waals surface area (Å²) in [6.45, 7) is 2.09. The number of aromatic nitrogens is 1. The third kappa shape index (κ3) is 3.72. The molecule has 0 fully saturated rings. The van der Waals surface area contributed by atoms with Gasteiger partial charge in [-0.2, -0.15) is 0 Å². The van der Waals surface area contributed by atoms with Gasteiger partial charge >= 0.3 is 0 Å². The fourth-order valence-electron chi connectivity index (χ4n) is 1.64. The van der Waals surface area contributed by atoms with Crippen LogP contribution in [0.3, 0.4) is 0 Å². The van der Waals surface area contributed by atoms with Crippen LogP contribution in [0, 0.1) is 0 Å². The first kappa shape index (κ1) is 14.9. The van der Waals surface area contributed by atoms with Crippen molar-refractivity contribution in [3.05, 3.63) is 51.6 Å². The predicted molar refractivity (Wildman–Crippen MR) is 85.0 cm³/mol. The Bertz CT molecular complexity index is 577. The standard InChI is InChI=1S/C14H14BrClN2S/c1-9(17-2)11-6-5-10(8-13(11)16)19-14-12(15)4-3-7-18-14/h3-9,17H,1-2H3. The van der Waals surface area contributed by atoms with Gasteiger partial charge in [-0.15, -0.1) is 0 Å². The van der Waals surface area contributed by atoms with Gasteiger partial charge in [0, 0.05) is 22.2 Å². The smallest absolute Gasteiger partial charge is 0.115 e. The van der Waals surface area contributed by atoms with Crippen LogP contribution in [-0.4, -0.2) is 12.0 Å². The molecule has 100 valence electrons. The van der Waals surface area contributed by atoms with E-state index >= 15 is 0 Å². The molecule has 2 rings (SSSR count). The van der Waals surface area contributed by atoms with Gasteiger partial charge in [0.15, 0.2) is 0 Å². The number of rotatable bonds is 4. The second-order valence-corrected chi connectivity index (χ2v) is 6.41. The molecule has 1 heterocycles. The summed E-state index contributed by atoms with van der Waals surface area (Å²) in [7, 11) is 1.93. The van der Waals surface area contributed by atoms with Gasteiger partial charge < -0.3 is 5.32 Å². The Kier molecular flexibility index (Phi) is 5.28. The molecule has 0 aliphatic carbocycles. The molecular formula is C14H14BrClN2S. The third-order valence-electron chi connectivity index (χ3n) is 2.81. The topological polar surface area (TPSA) is 24.9 Å². The van der Waals surface area contributed by atoms with Crippen LogP contribution in [0.15, 0.2) is 50.9 Å². The number of halogens is 2. The summed E-state index contributed by atoms with van der Waals surface area (Å²) in [6, 6.07) is 10.2. The van der Waals surface area contributed by atoms with Gasteiger partial charge in [0.2, 0.25) is 0 Å². The Morgan fingerprint density at radius 1 is 1.37 bits per heavy atom. The SMILES string of the molecule is CNC(C)c1ccc(Sc2ncccc2Br)cc1Cl. The lowest BCUT2D eigenvalue weighted by atomic mass is 10.1. The summed E-state index contributed by atoms with van der Waals surface area (Å²) in [5.74, 6) is 0. The number of nitrogens with one attached hydrogen (secondary N) is 1. The first-order chi connectivity index (χ1) is 9.11. The van der Waals surface area contributed by atoms with Gasteiger partial charge in [-0.05, 0) is 59.7 Å². The summed E-state index contributed by atoms with van der Waals surface area (Å²) in [6.07, 6.45) is 1.78. The van der Waals surface area contributed by atoms with Crippen LogP contribution in [0.2, 0.25) is 5.02 Å². The summed E-state index contributed by atoms with van der Waals surface area (Å²) >= 11 is 11.4. The van der Waals surface area contributed by atoms with E-state index in [9.17, 15) is 0 Å². The van der Waals surface area contributed by atoms with Crippen molar-refractivity contribution in [1.82, 2.24) is 10.3 Å². The molecule has 0 aliphatic heterocycles.